The summed E-state index contributed by atoms with van der Waals surface area (Å²) in [5.74, 6) is 1.37. The third kappa shape index (κ3) is 3.80. The number of fused-ring (bicyclic) bond motifs is 1. The van der Waals surface area contributed by atoms with Crippen LogP contribution in [0, 0.1) is 25.7 Å². The molecule has 2 fully saturated rings. The Balaban J connectivity index is 1.51. The van der Waals surface area contributed by atoms with E-state index in [2.05, 4.69) is 5.32 Å². The van der Waals surface area contributed by atoms with Gasteiger partial charge in [0.15, 0.2) is 0 Å². The quantitative estimate of drug-likeness (QED) is 0.927. The molecule has 0 spiro atoms. The highest BCUT2D eigenvalue weighted by atomic mass is 16.2. The van der Waals surface area contributed by atoms with Crippen LogP contribution in [0.5, 0.6) is 0 Å². The number of nitrogens with one attached hydrogen (secondary N) is 1. The van der Waals surface area contributed by atoms with Crippen LogP contribution in [0.1, 0.15) is 53.6 Å². The number of carbonyl (C=O) groups excluding carboxylic acids is 2. The number of hydrogen-bond acceptors (Lipinski definition) is 2. The van der Waals surface area contributed by atoms with Crippen LogP contribution in [0.3, 0.4) is 0 Å². The molecule has 3 rings (SSSR count). The average Bonchev–Trinajstić information content (AvgIpc) is 2.61. The van der Waals surface area contributed by atoms with Crippen LogP contribution in [0.25, 0.3) is 0 Å². The molecule has 1 aliphatic heterocycles. The minimum absolute atomic E-state index is 0.0520. The van der Waals surface area contributed by atoms with Crippen molar-refractivity contribution >= 4 is 11.8 Å². The predicted molar refractivity (Wildman–Crippen MR) is 94.9 cm³/mol. The van der Waals surface area contributed by atoms with E-state index in [4.69, 9.17) is 0 Å². The van der Waals surface area contributed by atoms with Crippen LogP contribution in [0.2, 0.25) is 0 Å². The summed E-state index contributed by atoms with van der Waals surface area (Å²) in [5, 5.41) is 2.78. The first-order chi connectivity index (χ1) is 11.5. The zero-order valence-corrected chi connectivity index (χ0v) is 14.8. The molecule has 130 valence electrons. The van der Waals surface area contributed by atoms with Gasteiger partial charge in [0.1, 0.15) is 0 Å². The highest BCUT2D eigenvalue weighted by molar-refractivity contribution is 5.96. The summed E-state index contributed by atoms with van der Waals surface area (Å²) in [7, 11) is 0. The molecule has 2 aliphatic rings. The fourth-order valence-corrected chi connectivity index (χ4v) is 4.08. The lowest BCUT2D eigenvalue weighted by Gasteiger charge is -2.41. The number of carbonyl (C=O) groups is 2. The molecule has 4 nitrogen and oxygen atoms in total. The maximum Gasteiger partial charge on any atom is 0.251 e. The second kappa shape index (κ2) is 7.37. The summed E-state index contributed by atoms with van der Waals surface area (Å²) >= 11 is 0. The smallest absolute Gasteiger partial charge is 0.251 e. The van der Waals surface area contributed by atoms with Crippen LogP contribution in [0.4, 0.5) is 0 Å². The van der Waals surface area contributed by atoms with Crippen molar-refractivity contribution in [1.82, 2.24) is 10.2 Å². The first kappa shape index (κ1) is 17.0. The van der Waals surface area contributed by atoms with Gasteiger partial charge in [0, 0.05) is 18.7 Å². The molecule has 0 unspecified atom stereocenters. The minimum atomic E-state index is -0.168. The van der Waals surface area contributed by atoms with Crippen LogP contribution in [0.15, 0.2) is 18.2 Å². The van der Waals surface area contributed by atoms with Crippen molar-refractivity contribution in [2.45, 2.75) is 46.0 Å². The van der Waals surface area contributed by atoms with E-state index in [0.29, 0.717) is 11.5 Å². The molecular formula is C20H28N2O2. The molecule has 1 N–H and O–H groups in total. The molecule has 1 saturated heterocycles. The number of benzene rings is 1. The van der Waals surface area contributed by atoms with Gasteiger partial charge < -0.3 is 10.2 Å². The van der Waals surface area contributed by atoms with E-state index >= 15 is 0 Å². The summed E-state index contributed by atoms with van der Waals surface area (Å²) in [6.45, 7) is 5.84. The normalized spacial score (nSPS) is 23.5. The molecule has 4 heteroatoms. The largest absolute Gasteiger partial charge is 0.343 e. The van der Waals surface area contributed by atoms with Crippen molar-refractivity contribution < 1.29 is 9.59 Å². The lowest BCUT2D eigenvalue weighted by atomic mass is 9.75. The Labute approximate surface area is 144 Å². The third-order valence-corrected chi connectivity index (χ3v) is 5.81. The maximum absolute atomic E-state index is 12.4. The third-order valence-electron chi connectivity index (χ3n) is 5.81. The van der Waals surface area contributed by atoms with Gasteiger partial charge in [0.25, 0.3) is 5.91 Å². The van der Waals surface area contributed by atoms with Crippen LogP contribution in [-0.4, -0.2) is 36.3 Å². The van der Waals surface area contributed by atoms with E-state index < -0.39 is 0 Å². The minimum Gasteiger partial charge on any atom is -0.343 e. The molecule has 24 heavy (non-hydrogen) atoms. The highest BCUT2D eigenvalue weighted by Gasteiger charge is 2.32. The number of amides is 2. The Hall–Kier alpha value is -1.84. The second-order valence-corrected chi connectivity index (χ2v) is 7.41. The summed E-state index contributed by atoms with van der Waals surface area (Å²) in [4.78, 5) is 26.6. The van der Waals surface area contributed by atoms with Crippen LogP contribution in [-0.2, 0) is 4.79 Å². The van der Waals surface area contributed by atoms with Crippen molar-refractivity contribution in [2.75, 3.05) is 19.6 Å². The van der Waals surface area contributed by atoms with Crippen LogP contribution >= 0.6 is 0 Å². The molecule has 2 atom stereocenters. The molecule has 1 aromatic carbocycles. The van der Waals surface area contributed by atoms with E-state index in [1.807, 2.05) is 36.9 Å². The van der Waals surface area contributed by atoms with Crippen molar-refractivity contribution in [2.24, 2.45) is 11.8 Å². The summed E-state index contributed by atoms with van der Waals surface area (Å²) in [6, 6.07) is 5.64. The van der Waals surface area contributed by atoms with E-state index in [1.54, 1.807) is 0 Å². The predicted octanol–water partition coefficient (Wildman–Crippen LogP) is 3.07. The zero-order chi connectivity index (χ0) is 17.1. The fourth-order valence-electron chi connectivity index (χ4n) is 4.08. The molecule has 0 aromatic heterocycles. The molecular weight excluding hydrogens is 300 g/mol. The van der Waals surface area contributed by atoms with Gasteiger partial charge in [-0.1, -0.05) is 25.3 Å². The van der Waals surface area contributed by atoms with Gasteiger partial charge in [-0.25, -0.2) is 0 Å². The first-order valence-electron chi connectivity index (χ1n) is 9.18. The number of aryl methyl sites for hydroxylation is 2. The van der Waals surface area contributed by atoms with E-state index in [0.717, 1.165) is 36.6 Å². The summed E-state index contributed by atoms with van der Waals surface area (Å²) in [5.41, 5.74) is 2.88. The average molecular weight is 328 g/mol. The van der Waals surface area contributed by atoms with Crippen LogP contribution < -0.4 is 5.32 Å². The molecule has 0 radical (unpaired) electrons. The highest BCUT2D eigenvalue weighted by Crippen LogP contribution is 2.35. The fraction of sp³-hybridized carbons (Fsp3) is 0.600. The number of likely N-dealkylation sites (tertiary alicyclic amines) is 1. The van der Waals surface area contributed by atoms with Gasteiger partial charge in [-0.3, -0.25) is 9.59 Å². The SMILES string of the molecule is Cc1ccc(C(=O)NCC(=O)N2CC[C@@H]3CCCC[C@H]3C2)cc1C. The summed E-state index contributed by atoms with van der Waals surface area (Å²) < 4.78 is 0. The zero-order valence-electron chi connectivity index (χ0n) is 14.8. The molecule has 1 aromatic rings. The standard InChI is InChI=1S/C20H28N2O2/c1-14-7-8-17(11-15(14)2)20(24)21-12-19(23)22-10-9-16-5-3-4-6-18(16)13-22/h7-8,11,16,18H,3-6,9-10,12-13H2,1-2H3,(H,21,24)/t16-,18-/m0/s1. The Kier molecular flexibility index (Phi) is 5.22. The monoisotopic (exact) mass is 328 g/mol. The first-order valence-corrected chi connectivity index (χ1v) is 9.18. The van der Waals surface area contributed by atoms with Crippen molar-refractivity contribution in [3.8, 4) is 0 Å². The van der Waals surface area contributed by atoms with E-state index in [9.17, 15) is 9.59 Å². The van der Waals surface area contributed by atoms with Gasteiger partial charge >= 0.3 is 0 Å². The molecule has 1 saturated carbocycles. The summed E-state index contributed by atoms with van der Waals surface area (Å²) in [6.07, 6.45) is 6.36. The van der Waals surface area contributed by atoms with Gasteiger partial charge in [-0.05, 0) is 61.8 Å². The van der Waals surface area contributed by atoms with Crippen molar-refractivity contribution in [1.29, 1.82) is 0 Å². The molecule has 1 aliphatic carbocycles. The van der Waals surface area contributed by atoms with Gasteiger partial charge in [0.05, 0.1) is 6.54 Å². The maximum atomic E-state index is 12.4. The number of nitrogens with zero attached hydrogens (tertiary/aromatic N) is 1. The number of piperidine rings is 1. The Morgan fingerprint density at radius 1 is 1.08 bits per heavy atom. The lowest BCUT2D eigenvalue weighted by Crippen LogP contribution is -2.48. The Morgan fingerprint density at radius 3 is 2.58 bits per heavy atom. The van der Waals surface area contributed by atoms with E-state index in [-0.39, 0.29) is 18.4 Å². The number of hydrogen-bond donors (Lipinski definition) is 1. The van der Waals surface area contributed by atoms with Gasteiger partial charge in [0.2, 0.25) is 5.91 Å². The Morgan fingerprint density at radius 2 is 1.83 bits per heavy atom. The van der Waals surface area contributed by atoms with Gasteiger partial charge in [-0.15, -0.1) is 0 Å². The van der Waals surface area contributed by atoms with E-state index in [1.165, 1.54) is 25.7 Å². The Bertz CT molecular complexity index is 626. The van der Waals surface area contributed by atoms with Crippen molar-refractivity contribution in [3.63, 3.8) is 0 Å². The molecule has 2 amide bonds. The lowest BCUT2D eigenvalue weighted by molar-refractivity contribution is -0.133. The number of rotatable bonds is 3. The second-order valence-electron chi connectivity index (χ2n) is 7.41. The molecule has 1 heterocycles. The molecule has 0 bridgehead atoms. The topological polar surface area (TPSA) is 49.4 Å². The van der Waals surface area contributed by atoms with Crippen molar-refractivity contribution in [3.05, 3.63) is 34.9 Å². The van der Waals surface area contributed by atoms with Gasteiger partial charge in [-0.2, -0.15) is 0 Å².